The molecule has 0 spiro atoms. The van der Waals surface area contributed by atoms with Crippen LogP contribution in [0.15, 0.2) is 117 Å². The van der Waals surface area contributed by atoms with E-state index < -0.39 is 47.7 Å². The molecule has 14 heteroatoms. The SMILES string of the molecule is O=[N+]([O-])c1cc[c]([Sb]2([c]3ccc([N+](=O)[O-])cc3)=[Sb]([c]3ccc([N+](=O)[O-])cc3)([c]3ccc([N+](=O)[O-])cc3)[CH]=CC=[CH]2)cc1. The van der Waals surface area contributed by atoms with E-state index in [1.165, 1.54) is 48.5 Å². The fourth-order valence-corrected chi connectivity index (χ4v) is 72.2. The molecule has 1 heterocycles. The van der Waals surface area contributed by atoms with Gasteiger partial charge < -0.3 is 0 Å². The first-order chi connectivity index (χ1) is 20.1. The molecule has 5 rings (SSSR count). The van der Waals surface area contributed by atoms with Crippen LogP contribution in [0.25, 0.3) is 0 Å². The number of benzene rings is 4. The summed E-state index contributed by atoms with van der Waals surface area (Å²) in [5.41, 5.74) is -0.379. The van der Waals surface area contributed by atoms with Gasteiger partial charge in [0.05, 0.1) is 0 Å². The molecule has 12 nitrogen and oxygen atoms in total. The Morgan fingerprint density at radius 3 is 0.714 bits per heavy atom. The second-order valence-electron chi connectivity index (χ2n) is 9.15. The summed E-state index contributed by atoms with van der Waals surface area (Å²) in [5, 5.41) is 46.1. The molecule has 0 unspecified atom stereocenters. The summed E-state index contributed by atoms with van der Waals surface area (Å²) < 4.78 is 7.73. The summed E-state index contributed by atoms with van der Waals surface area (Å²) in [6.07, 6.45) is 3.83. The Bertz CT molecular complexity index is 1620. The van der Waals surface area contributed by atoms with Crippen LogP contribution >= 0.6 is 0 Å². The molecule has 210 valence electrons. The summed E-state index contributed by atoms with van der Waals surface area (Å²) in [4.78, 5) is 44.1. The van der Waals surface area contributed by atoms with Gasteiger partial charge in [0.1, 0.15) is 0 Å². The van der Waals surface area contributed by atoms with Gasteiger partial charge in [-0.3, -0.25) is 0 Å². The third-order valence-corrected chi connectivity index (χ3v) is 67.6. The van der Waals surface area contributed by atoms with E-state index in [1.807, 2.05) is 12.2 Å². The number of hydrogen-bond acceptors (Lipinski definition) is 8. The first kappa shape index (κ1) is 29.1. The number of non-ortho nitro benzene ring substituents is 4. The molecule has 0 saturated heterocycles. The van der Waals surface area contributed by atoms with Gasteiger partial charge in [0.25, 0.3) is 0 Å². The molecule has 4 aromatic rings. The van der Waals surface area contributed by atoms with Gasteiger partial charge in [-0.15, -0.1) is 0 Å². The van der Waals surface area contributed by atoms with Crippen molar-refractivity contribution in [3.63, 3.8) is 0 Å². The molecule has 0 aliphatic carbocycles. The predicted octanol–water partition coefficient (Wildman–Crippen LogP) is 3.43. The van der Waals surface area contributed by atoms with E-state index in [0.717, 1.165) is 14.0 Å². The van der Waals surface area contributed by atoms with Crippen LogP contribution in [0.1, 0.15) is 0 Å². The van der Waals surface area contributed by atoms with Crippen LogP contribution in [0.2, 0.25) is 0 Å². The van der Waals surface area contributed by atoms with Crippen molar-refractivity contribution in [2.45, 2.75) is 0 Å². The maximum absolute atomic E-state index is 11.5. The Kier molecular flexibility index (Phi) is 7.94. The molecule has 0 radical (unpaired) electrons. The minimum atomic E-state index is -4.23. The fourth-order valence-electron chi connectivity index (χ4n) is 5.14. The van der Waals surface area contributed by atoms with Crippen LogP contribution in [0.3, 0.4) is 0 Å². The van der Waals surface area contributed by atoms with E-state index in [9.17, 15) is 40.5 Å². The molecule has 0 atom stereocenters. The van der Waals surface area contributed by atoms with Crippen LogP contribution < -0.4 is 14.0 Å². The first-order valence-electron chi connectivity index (χ1n) is 12.3. The molecule has 0 N–H and O–H groups in total. The maximum atomic E-state index is 11.5. The minimum absolute atomic E-state index is 0.0947. The Hall–Kier alpha value is -4.40. The molecule has 0 fully saturated rings. The standard InChI is InChI=1S/4C6H4NO2.C4H4.2Sb/c4*8-7(9)6-4-2-1-3-5-6;1-3-4-2;;/h4*2-5H;1-4H;;. The van der Waals surface area contributed by atoms with E-state index >= 15 is 0 Å². The number of hydrogen-bond donors (Lipinski definition) is 0. The average molecular weight is 784 g/mol. The molecular formula is C28H20N4O8Sb2. The molecule has 1 aliphatic rings. The zero-order chi connectivity index (χ0) is 30.1. The van der Waals surface area contributed by atoms with Gasteiger partial charge in [-0.2, -0.15) is 0 Å². The quantitative estimate of drug-likeness (QED) is 0.149. The van der Waals surface area contributed by atoms with E-state index in [-0.39, 0.29) is 22.7 Å². The van der Waals surface area contributed by atoms with Gasteiger partial charge in [0, 0.05) is 0 Å². The van der Waals surface area contributed by atoms with Gasteiger partial charge in [-0.25, -0.2) is 0 Å². The van der Waals surface area contributed by atoms with Crippen molar-refractivity contribution in [3.05, 3.63) is 158 Å². The van der Waals surface area contributed by atoms with Gasteiger partial charge >= 0.3 is 242 Å². The summed E-state index contributed by atoms with van der Waals surface area (Å²) >= 11 is -8.46. The van der Waals surface area contributed by atoms with Crippen LogP contribution in [-0.4, -0.2) is 47.7 Å². The topological polar surface area (TPSA) is 173 Å². The predicted molar refractivity (Wildman–Crippen MR) is 161 cm³/mol. The molecule has 4 aromatic carbocycles. The van der Waals surface area contributed by atoms with Gasteiger partial charge in [0.2, 0.25) is 0 Å². The first-order valence-corrected chi connectivity index (χ1v) is 29.1. The van der Waals surface area contributed by atoms with Crippen molar-refractivity contribution in [3.8, 4) is 0 Å². The van der Waals surface area contributed by atoms with Crippen LogP contribution in [-0.2, 0) is 0 Å². The molecule has 42 heavy (non-hydrogen) atoms. The van der Waals surface area contributed by atoms with Crippen molar-refractivity contribution in [1.29, 1.82) is 0 Å². The average Bonchev–Trinajstić information content (AvgIpc) is 3.01. The Morgan fingerprint density at radius 2 is 0.548 bits per heavy atom. The monoisotopic (exact) mass is 782 g/mol. The van der Waals surface area contributed by atoms with Crippen molar-refractivity contribution in [2.75, 3.05) is 0 Å². The molecule has 0 bridgehead atoms. The Morgan fingerprint density at radius 1 is 0.357 bits per heavy atom. The van der Waals surface area contributed by atoms with E-state index in [1.54, 1.807) is 48.5 Å². The van der Waals surface area contributed by atoms with Gasteiger partial charge in [0.15, 0.2) is 0 Å². The second-order valence-corrected chi connectivity index (χ2v) is 48.7. The van der Waals surface area contributed by atoms with Crippen LogP contribution in [0.5, 0.6) is 0 Å². The molecule has 1 aliphatic heterocycles. The van der Waals surface area contributed by atoms with Crippen LogP contribution in [0.4, 0.5) is 22.7 Å². The number of rotatable bonds is 8. The van der Waals surface area contributed by atoms with Crippen LogP contribution in [0, 0.1) is 40.5 Å². The number of allylic oxidation sites excluding steroid dienone is 2. The molecule has 0 saturated carbocycles. The Labute approximate surface area is 240 Å². The zero-order valence-electron chi connectivity index (χ0n) is 21.5. The third kappa shape index (κ3) is 4.86. The number of nitro groups is 4. The van der Waals surface area contributed by atoms with Crippen molar-refractivity contribution in [1.82, 2.24) is 0 Å². The van der Waals surface area contributed by atoms with Gasteiger partial charge in [-0.05, 0) is 0 Å². The summed E-state index contributed by atoms with van der Waals surface area (Å²) in [6, 6.07) is 25.3. The summed E-state index contributed by atoms with van der Waals surface area (Å²) in [7, 11) is 0. The van der Waals surface area contributed by atoms with E-state index in [4.69, 9.17) is 0 Å². The van der Waals surface area contributed by atoms with Gasteiger partial charge in [-0.1, -0.05) is 0 Å². The summed E-state index contributed by atoms with van der Waals surface area (Å²) in [6.45, 7) is 0. The van der Waals surface area contributed by atoms with E-state index in [0.29, 0.717) is 0 Å². The molecule has 0 amide bonds. The van der Waals surface area contributed by atoms with Crippen molar-refractivity contribution >= 4 is 64.8 Å². The second kappa shape index (κ2) is 11.5. The Balaban J connectivity index is 2.02. The van der Waals surface area contributed by atoms with Crippen molar-refractivity contribution < 1.29 is 19.7 Å². The summed E-state index contributed by atoms with van der Waals surface area (Å²) in [5.74, 6) is 0. The number of nitrogens with zero attached hydrogens (tertiary/aromatic N) is 4. The fraction of sp³-hybridized carbons (Fsp3) is 0. The normalized spacial score (nSPS) is 14.7. The molecular weight excluding hydrogens is 764 g/mol. The van der Waals surface area contributed by atoms with Crippen molar-refractivity contribution in [2.24, 2.45) is 0 Å². The third-order valence-electron chi connectivity index (χ3n) is 7.03. The molecule has 0 aromatic heterocycles. The van der Waals surface area contributed by atoms with E-state index in [2.05, 4.69) is 8.05 Å². The zero-order valence-corrected chi connectivity index (χ0v) is 26.6. The number of nitro benzene ring substituents is 4.